The van der Waals surface area contributed by atoms with Crippen LogP contribution in [-0.2, 0) is 9.59 Å². The Balaban J connectivity index is 3.27. The summed E-state index contributed by atoms with van der Waals surface area (Å²) < 4.78 is 49.4. The number of carbonyl (C=O) groups is 2. The lowest BCUT2D eigenvalue weighted by Crippen LogP contribution is -2.24. The minimum Gasteiger partial charge on any atom is -0.478 e. The molecule has 0 saturated heterocycles. The number of hydrogen-bond acceptors (Lipinski definition) is 2. The van der Waals surface area contributed by atoms with Crippen molar-refractivity contribution in [3.8, 4) is 0 Å². The van der Waals surface area contributed by atoms with Gasteiger partial charge in [0.2, 0.25) is 0 Å². The van der Waals surface area contributed by atoms with E-state index in [1.54, 1.807) is 0 Å². The van der Waals surface area contributed by atoms with Gasteiger partial charge in [-0.25, -0.2) is 9.18 Å². The molecular formula is C11H6F4O3. The lowest BCUT2D eigenvalue weighted by atomic mass is 10.0. The molecule has 3 nitrogen and oxygen atoms in total. The van der Waals surface area contributed by atoms with E-state index in [4.69, 9.17) is 5.11 Å². The highest BCUT2D eigenvalue weighted by atomic mass is 19.4. The van der Waals surface area contributed by atoms with Crippen LogP contribution in [0.25, 0.3) is 5.57 Å². The van der Waals surface area contributed by atoms with Crippen molar-refractivity contribution in [2.75, 3.05) is 0 Å². The highest BCUT2D eigenvalue weighted by Crippen LogP contribution is 2.26. The number of carboxylic acid groups (broad SMARTS) is 1. The highest BCUT2D eigenvalue weighted by molar-refractivity contribution is 6.26. The molecule has 1 aromatic carbocycles. The standard InChI is InChI=1S/C11H6F4O3/c12-7-3-1-6(2-4-7)8(5-9(16)17)10(18)11(13,14)15/h1-5H,(H,16,17). The SMILES string of the molecule is O=C(O)C=C(C(=O)C(F)(F)F)c1ccc(F)cc1. The number of benzene rings is 1. The van der Waals surface area contributed by atoms with Crippen LogP contribution in [-0.4, -0.2) is 23.0 Å². The summed E-state index contributed by atoms with van der Waals surface area (Å²) in [5.41, 5.74) is -1.36. The first kappa shape index (κ1) is 13.9. The summed E-state index contributed by atoms with van der Waals surface area (Å²) in [4.78, 5) is 21.4. The number of ketones is 1. The molecule has 18 heavy (non-hydrogen) atoms. The summed E-state index contributed by atoms with van der Waals surface area (Å²) in [7, 11) is 0. The zero-order chi connectivity index (χ0) is 13.9. The van der Waals surface area contributed by atoms with E-state index in [9.17, 15) is 27.2 Å². The molecule has 0 aliphatic heterocycles. The Morgan fingerprint density at radius 2 is 1.61 bits per heavy atom. The monoisotopic (exact) mass is 262 g/mol. The molecule has 96 valence electrons. The van der Waals surface area contributed by atoms with Crippen LogP contribution in [0, 0.1) is 5.82 Å². The first-order valence-corrected chi connectivity index (χ1v) is 4.54. The highest BCUT2D eigenvalue weighted by Gasteiger charge is 2.41. The summed E-state index contributed by atoms with van der Waals surface area (Å²) in [6.45, 7) is 0. The second kappa shape index (κ2) is 4.99. The Morgan fingerprint density at radius 1 is 1.11 bits per heavy atom. The van der Waals surface area contributed by atoms with Crippen molar-refractivity contribution in [3.63, 3.8) is 0 Å². The number of rotatable bonds is 3. The Bertz CT molecular complexity index is 500. The van der Waals surface area contributed by atoms with E-state index in [2.05, 4.69) is 0 Å². The smallest absolute Gasteiger partial charge is 0.454 e. The lowest BCUT2D eigenvalue weighted by molar-refractivity contribution is -0.164. The van der Waals surface area contributed by atoms with Gasteiger partial charge in [0.25, 0.3) is 5.78 Å². The Labute approximate surface area is 98.3 Å². The lowest BCUT2D eigenvalue weighted by Gasteiger charge is -2.09. The molecule has 0 bridgehead atoms. The summed E-state index contributed by atoms with van der Waals surface area (Å²) in [5.74, 6) is -4.71. The van der Waals surface area contributed by atoms with Gasteiger partial charge in [-0.05, 0) is 17.7 Å². The third-order valence-corrected chi connectivity index (χ3v) is 1.93. The minimum atomic E-state index is -5.20. The molecule has 0 aliphatic rings. The molecule has 0 amide bonds. The van der Waals surface area contributed by atoms with Crippen LogP contribution in [0.5, 0.6) is 0 Å². The van der Waals surface area contributed by atoms with Crippen LogP contribution in [0.4, 0.5) is 17.6 Å². The van der Waals surface area contributed by atoms with Gasteiger partial charge in [-0.3, -0.25) is 4.79 Å². The van der Waals surface area contributed by atoms with E-state index in [0.29, 0.717) is 0 Å². The number of carboxylic acids is 1. The van der Waals surface area contributed by atoms with Crippen molar-refractivity contribution in [3.05, 3.63) is 41.7 Å². The maximum Gasteiger partial charge on any atom is 0.454 e. The second-order valence-corrected chi connectivity index (χ2v) is 3.23. The van der Waals surface area contributed by atoms with Gasteiger partial charge in [-0.15, -0.1) is 0 Å². The molecule has 0 aromatic heterocycles. The molecule has 0 fully saturated rings. The maximum absolute atomic E-state index is 12.6. The summed E-state index contributed by atoms with van der Waals surface area (Å²) in [6, 6.07) is 3.45. The van der Waals surface area contributed by atoms with Gasteiger partial charge in [0.15, 0.2) is 0 Å². The number of allylic oxidation sites excluding steroid dienone is 1. The number of hydrogen-bond donors (Lipinski definition) is 1. The molecule has 1 rings (SSSR count). The Morgan fingerprint density at radius 3 is 2.00 bits per heavy atom. The number of aliphatic carboxylic acids is 1. The van der Waals surface area contributed by atoms with Crippen molar-refractivity contribution in [2.24, 2.45) is 0 Å². The predicted molar refractivity (Wildman–Crippen MR) is 53.1 cm³/mol. The number of alkyl halides is 3. The maximum atomic E-state index is 12.6. The fourth-order valence-electron chi connectivity index (χ4n) is 1.19. The van der Waals surface area contributed by atoms with E-state index >= 15 is 0 Å². The van der Waals surface area contributed by atoms with E-state index in [1.165, 1.54) is 0 Å². The average molecular weight is 262 g/mol. The van der Waals surface area contributed by atoms with Crippen LogP contribution >= 0.6 is 0 Å². The molecule has 0 spiro atoms. The van der Waals surface area contributed by atoms with Crippen LogP contribution < -0.4 is 0 Å². The predicted octanol–water partition coefficient (Wildman–Crippen LogP) is 2.43. The van der Waals surface area contributed by atoms with Gasteiger partial charge in [0, 0.05) is 11.6 Å². The van der Waals surface area contributed by atoms with Crippen LogP contribution in [0.2, 0.25) is 0 Å². The topological polar surface area (TPSA) is 54.4 Å². The van der Waals surface area contributed by atoms with E-state index in [-0.39, 0.29) is 11.6 Å². The third kappa shape index (κ3) is 3.41. The van der Waals surface area contributed by atoms with E-state index in [0.717, 1.165) is 24.3 Å². The summed E-state index contributed by atoms with van der Waals surface area (Å²) in [5, 5.41) is 8.44. The number of halogens is 4. The van der Waals surface area contributed by atoms with Gasteiger partial charge in [-0.1, -0.05) is 12.1 Å². The van der Waals surface area contributed by atoms with Crippen molar-refractivity contribution in [2.45, 2.75) is 6.18 Å². The molecule has 0 radical (unpaired) electrons. The zero-order valence-corrected chi connectivity index (χ0v) is 8.66. The second-order valence-electron chi connectivity index (χ2n) is 3.23. The normalized spacial score (nSPS) is 12.3. The number of Topliss-reactive ketones (excluding diaryl/α,β-unsaturated/α-hetero) is 1. The average Bonchev–Trinajstić information content (AvgIpc) is 2.25. The molecule has 1 N–H and O–H groups in total. The quantitative estimate of drug-likeness (QED) is 0.672. The third-order valence-electron chi connectivity index (χ3n) is 1.93. The summed E-state index contributed by atoms with van der Waals surface area (Å²) >= 11 is 0. The van der Waals surface area contributed by atoms with Crippen molar-refractivity contribution >= 4 is 17.3 Å². The molecular weight excluding hydrogens is 256 g/mol. The van der Waals surface area contributed by atoms with Gasteiger partial charge in [0.05, 0.1) is 0 Å². The van der Waals surface area contributed by atoms with Crippen molar-refractivity contribution < 1.29 is 32.3 Å². The Kier molecular flexibility index (Phi) is 3.85. The molecule has 1 aromatic rings. The van der Waals surface area contributed by atoms with Crippen LogP contribution in [0.15, 0.2) is 30.3 Å². The van der Waals surface area contributed by atoms with Gasteiger partial charge >= 0.3 is 12.1 Å². The van der Waals surface area contributed by atoms with Gasteiger partial charge < -0.3 is 5.11 Å². The largest absolute Gasteiger partial charge is 0.478 e. The first-order chi connectivity index (χ1) is 8.21. The van der Waals surface area contributed by atoms with Crippen molar-refractivity contribution in [1.82, 2.24) is 0 Å². The Hall–Kier alpha value is -2.18. The molecule has 0 unspecified atom stereocenters. The number of carbonyl (C=O) groups excluding carboxylic acids is 1. The van der Waals surface area contributed by atoms with Gasteiger partial charge in [-0.2, -0.15) is 13.2 Å². The molecule has 0 aliphatic carbocycles. The fourth-order valence-corrected chi connectivity index (χ4v) is 1.19. The molecule has 0 atom stereocenters. The van der Waals surface area contributed by atoms with Crippen molar-refractivity contribution in [1.29, 1.82) is 0 Å². The minimum absolute atomic E-state index is 0.142. The van der Waals surface area contributed by atoms with E-state index < -0.39 is 29.3 Å². The molecule has 0 saturated carbocycles. The van der Waals surface area contributed by atoms with Gasteiger partial charge in [0.1, 0.15) is 5.82 Å². The molecule has 0 heterocycles. The first-order valence-electron chi connectivity index (χ1n) is 4.54. The summed E-state index contributed by atoms with van der Waals surface area (Å²) in [6.07, 6.45) is -5.06. The fraction of sp³-hybridized carbons (Fsp3) is 0.0909. The van der Waals surface area contributed by atoms with Crippen LogP contribution in [0.1, 0.15) is 5.56 Å². The van der Waals surface area contributed by atoms with Crippen LogP contribution in [0.3, 0.4) is 0 Å². The molecule has 7 heteroatoms. The van der Waals surface area contributed by atoms with E-state index in [1.807, 2.05) is 0 Å². The zero-order valence-electron chi connectivity index (χ0n) is 8.66.